The van der Waals surface area contributed by atoms with E-state index in [-0.39, 0.29) is 12.6 Å². The van der Waals surface area contributed by atoms with Crippen molar-refractivity contribution in [2.45, 2.75) is 11.4 Å². The topological polar surface area (TPSA) is 89.9 Å². The monoisotopic (exact) mass is 263 g/mol. The van der Waals surface area contributed by atoms with Gasteiger partial charge in [-0.2, -0.15) is 4.98 Å². The van der Waals surface area contributed by atoms with Gasteiger partial charge in [-0.3, -0.25) is 4.57 Å². The van der Waals surface area contributed by atoms with E-state index in [0.29, 0.717) is 11.6 Å². The van der Waals surface area contributed by atoms with E-state index in [1.807, 2.05) is 17.0 Å². The maximum absolute atomic E-state index is 9.03. The molecule has 2 aromatic heterocycles. The Balaban J connectivity index is 2.09. The van der Waals surface area contributed by atoms with E-state index in [4.69, 9.17) is 10.8 Å². The minimum Gasteiger partial charge on any atom is -0.396 e. The standard InChI is InChI=1S/C11H13N5OS/c1-18-10-8-9(14-11(12)15-10)16(5-13-8)3-6-2-7(6)4-17/h3,5,7,17H,2,4H2,1H3,(H2,12,14,15)/b6-3-/t7-/m1/s1. The summed E-state index contributed by atoms with van der Waals surface area (Å²) in [6.45, 7) is 0.200. The van der Waals surface area contributed by atoms with Crippen LogP contribution in [0.3, 0.4) is 0 Å². The number of hydrogen-bond donors (Lipinski definition) is 2. The van der Waals surface area contributed by atoms with Crippen LogP contribution in [0.5, 0.6) is 0 Å². The molecular weight excluding hydrogens is 250 g/mol. The van der Waals surface area contributed by atoms with E-state index in [1.54, 1.807) is 6.33 Å². The van der Waals surface area contributed by atoms with Crippen molar-refractivity contribution >= 4 is 35.1 Å². The Morgan fingerprint density at radius 1 is 1.61 bits per heavy atom. The molecule has 0 bridgehead atoms. The molecule has 0 amide bonds. The number of nitrogen functional groups attached to an aromatic ring is 1. The zero-order chi connectivity index (χ0) is 12.7. The lowest BCUT2D eigenvalue weighted by molar-refractivity contribution is 0.281. The number of imidazole rings is 1. The second kappa shape index (κ2) is 4.25. The lowest BCUT2D eigenvalue weighted by atomic mass is 10.4. The highest BCUT2D eigenvalue weighted by Gasteiger charge is 2.28. The first-order valence-electron chi connectivity index (χ1n) is 5.58. The summed E-state index contributed by atoms with van der Waals surface area (Å²) in [5.41, 5.74) is 8.37. The van der Waals surface area contributed by atoms with Gasteiger partial charge >= 0.3 is 0 Å². The van der Waals surface area contributed by atoms with Gasteiger partial charge in [0, 0.05) is 18.7 Å². The van der Waals surface area contributed by atoms with Gasteiger partial charge in [0.1, 0.15) is 16.9 Å². The van der Waals surface area contributed by atoms with Crippen LogP contribution < -0.4 is 5.73 Å². The minimum absolute atomic E-state index is 0.200. The fraction of sp³-hybridized carbons (Fsp3) is 0.364. The summed E-state index contributed by atoms with van der Waals surface area (Å²) in [7, 11) is 0. The predicted molar refractivity (Wildman–Crippen MR) is 71.0 cm³/mol. The SMILES string of the molecule is CSc1nc(N)nc2c1ncn2/C=C1/C[C@@H]1CO. The first-order valence-corrected chi connectivity index (χ1v) is 6.81. The van der Waals surface area contributed by atoms with Crippen molar-refractivity contribution < 1.29 is 5.11 Å². The highest BCUT2D eigenvalue weighted by molar-refractivity contribution is 7.98. The Bertz CT molecular complexity index is 636. The maximum atomic E-state index is 9.03. The van der Waals surface area contributed by atoms with Gasteiger partial charge in [0.15, 0.2) is 5.65 Å². The molecule has 7 heteroatoms. The quantitative estimate of drug-likeness (QED) is 0.634. The molecule has 1 aliphatic rings. The van der Waals surface area contributed by atoms with Crippen LogP contribution in [0, 0.1) is 5.92 Å². The fourth-order valence-electron chi connectivity index (χ4n) is 1.89. The van der Waals surface area contributed by atoms with Gasteiger partial charge in [-0.1, -0.05) is 0 Å². The van der Waals surface area contributed by atoms with Crippen molar-refractivity contribution in [2.24, 2.45) is 5.92 Å². The molecule has 0 aliphatic heterocycles. The third-order valence-corrected chi connectivity index (χ3v) is 3.64. The number of thioether (sulfide) groups is 1. The van der Waals surface area contributed by atoms with Crippen molar-refractivity contribution in [1.29, 1.82) is 0 Å². The molecule has 3 rings (SSSR count). The summed E-state index contributed by atoms with van der Waals surface area (Å²) >= 11 is 1.50. The maximum Gasteiger partial charge on any atom is 0.223 e. The Labute approximate surface area is 108 Å². The van der Waals surface area contributed by atoms with Crippen LogP contribution in [0.2, 0.25) is 0 Å². The van der Waals surface area contributed by atoms with Crippen LogP contribution in [0.1, 0.15) is 6.42 Å². The molecule has 2 aromatic rings. The van der Waals surface area contributed by atoms with Crippen LogP contribution in [0.25, 0.3) is 17.4 Å². The molecule has 0 unspecified atom stereocenters. The molecule has 0 aromatic carbocycles. The molecule has 0 saturated heterocycles. The summed E-state index contributed by atoms with van der Waals surface area (Å²) < 4.78 is 1.85. The number of anilines is 1. The number of hydrogen-bond acceptors (Lipinski definition) is 6. The summed E-state index contributed by atoms with van der Waals surface area (Å²) in [5.74, 6) is 0.545. The van der Waals surface area contributed by atoms with Crippen LogP contribution in [0.4, 0.5) is 5.95 Å². The predicted octanol–water partition coefficient (Wildman–Crippen LogP) is 0.983. The zero-order valence-corrected chi connectivity index (χ0v) is 10.7. The summed E-state index contributed by atoms with van der Waals surface area (Å²) in [6.07, 6.45) is 6.54. The van der Waals surface area contributed by atoms with Crippen molar-refractivity contribution in [1.82, 2.24) is 19.5 Å². The Morgan fingerprint density at radius 3 is 3.11 bits per heavy atom. The first-order chi connectivity index (χ1) is 8.72. The van der Waals surface area contributed by atoms with E-state index in [2.05, 4.69) is 15.0 Å². The molecule has 1 fully saturated rings. The molecule has 0 spiro atoms. The minimum atomic E-state index is 0.200. The van der Waals surface area contributed by atoms with E-state index in [0.717, 1.165) is 17.0 Å². The Morgan fingerprint density at radius 2 is 2.44 bits per heavy atom. The van der Waals surface area contributed by atoms with Crippen molar-refractivity contribution in [3.63, 3.8) is 0 Å². The zero-order valence-electron chi connectivity index (χ0n) is 9.87. The smallest absolute Gasteiger partial charge is 0.223 e. The first kappa shape index (κ1) is 11.5. The van der Waals surface area contributed by atoms with E-state index in [1.165, 1.54) is 17.3 Å². The molecule has 1 atom stereocenters. The number of aliphatic hydroxyl groups is 1. The molecule has 6 nitrogen and oxygen atoms in total. The van der Waals surface area contributed by atoms with Crippen molar-refractivity contribution in [3.05, 3.63) is 11.9 Å². The average molecular weight is 263 g/mol. The number of aromatic nitrogens is 4. The molecule has 18 heavy (non-hydrogen) atoms. The normalized spacial score (nSPS) is 20.8. The lowest BCUT2D eigenvalue weighted by Gasteiger charge is -2.00. The highest BCUT2D eigenvalue weighted by atomic mass is 32.2. The van der Waals surface area contributed by atoms with Crippen molar-refractivity contribution in [3.8, 4) is 0 Å². The molecule has 0 radical (unpaired) electrons. The fourth-order valence-corrected chi connectivity index (χ4v) is 2.41. The van der Waals surface area contributed by atoms with Crippen LogP contribution in [-0.2, 0) is 0 Å². The van der Waals surface area contributed by atoms with Gasteiger partial charge in [-0.25, -0.2) is 9.97 Å². The molecular formula is C11H13N5OS. The molecule has 2 heterocycles. The number of aliphatic hydroxyl groups excluding tert-OH is 1. The number of fused-ring (bicyclic) bond motifs is 1. The van der Waals surface area contributed by atoms with Gasteiger partial charge in [-0.15, -0.1) is 11.8 Å². The average Bonchev–Trinajstić information content (AvgIpc) is 3.01. The summed E-state index contributed by atoms with van der Waals surface area (Å²) in [5, 5.41) is 9.81. The van der Waals surface area contributed by atoms with Gasteiger partial charge < -0.3 is 10.8 Å². The Hall–Kier alpha value is -1.60. The number of nitrogens with two attached hydrogens (primary N) is 1. The molecule has 94 valence electrons. The lowest BCUT2D eigenvalue weighted by Crippen LogP contribution is -1.98. The van der Waals surface area contributed by atoms with Crippen molar-refractivity contribution in [2.75, 3.05) is 18.6 Å². The molecule has 1 aliphatic carbocycles. The molecule has 1 saturated carbocycles. The van der Waals surface area contributed by atoms with Crippen LogP contribution in [-0.4, -0.2) is 37.5 Å². The van der Waals surface area contributed by atoms with Crippen LogP contribution in [0.15, 0.2) is 16.9 Å². The second-order valence-electron chi connectivity index (χ2n) is 4.20. The second-order valence-corrected chi connectivity index (χ2v) is 5.00. The van der Waals surface area contributed by atoms with Crippen LogP contribution >= 0.6 is 11.8 Å². The third-order valence-electron chi connectivity index (χ3n) is 2.97. The number of rotatable bonds is 3. The summed E-state index contributed by atoms with van der Waals surface area (Å²) in [6, 6.07) is 0. The molecule has 3 N–H and O–H groups in total. The third kappa shape index (κ3) is 1.85. The highest BCUT2D eigenvalue weighted by Crippen LogP contribution is 2.38. The van der Waals surface area contributed by atoms with Gasteiger partial charge in [0.05, 0.1) is 0 Å². The van der Waals surface area contributed by atoms with E-state index in [9.17, 15) is 0 Å². The number of nitrogens with zero attached hydrogens (tertiary/aromatic N) is 4. The van der Waals surface area contributed by atoms with Gasteiger partial charge in [0.2, 0.25) is 5.95 Å². The summed E-state index contributed by atoms with van der Waals surface area (Å²) in [4.78, 5) is 12.7. The van der Waals surface area contributed by atoms with E-state index < -0.39 is 0 Å². The Kier molecular flexibility index (Phi) is 2.71. The van der Waals surface area contributed by atoms with Gasteiger partial charge in [0.25, 0.3) is 0 Å². The van der Waals surface area contributed by atoms with E-state index >= 15 is 0 Å². The largest absolute Gasteiger partial charge is 0.396 e. The van der Waals surface area contributed by atoms with Gasteiger partial charge in [-0.05, 0) is 18.2 Å².